The highest BCUT2D eigenvalue weighted by Crippen LogP contribution is 2.42. The van der Waals surface area contributed by atoms with Crippen LogP contribution in [0.3, 0.4) is 0 Å². The van der Waals surface area contributed by atoms with E-state index in [9.17, 15) is 19.5 Å². The lowest BCUT2D eigenvalue weighted by Gasteiger charge is -2.33. The molecule has 0 aromatic heterocycles. The predicted octanol–water partition coefficient (Wildman–Crippen LogP) is 6.61. The van der Waals surface area contributed by atoms with Gasteiger partial charge in [-0.1, -0.05) is 57.7 Å². The van der Waals surface area contributed by atoms with Crippen LogP contribution in [0, 0.1) is 12.8 Å². The number of carbonyl (C=O) groups excluding carboxylic acids is 3. The number of fused-ring (bicyclic) bond motifs is 1. The zero-order valence-corrected chi connectivity index (χ0v) is 23.0. The lowest BCUT2D eigenvalue weighted by Crippen LogP contribution is -2.51. The first-order chi connectivity index (χ1) is 17.0. The molecule has 1 aliphatic carbocycles. The first kappa shape index (κ1) is 27.7. The molecule has 0 radical (unpaired) electrons. The molecule has 0 bridgehead atoms. The smallest absolute Gasteiger partial charge is 0.334 e. The standard InChI is InChI=1S/C29H33BrO6/c1-6-7-8-9-11-17(2)14-19(4)28(34)36-29(5)26(32)21-16-35-23(15-20(21)25(30)27(29)33)24-18(3)12-10-13-22(24)31/h10,12-17,31H,6-9,11H2,1-5H3. The van der Waals surface area contributed by atoms with Gasteiger partial charge in [0.05, 0.1) is 15.6 Å². The minimum atomic E-state index is -2.02. The lowest BCUT2D eigenvalue weighted by atomic mass is 9.80. The van der Waals surface area contributed by atoms with Gasteiger partial charge < -0.3 is 14.6 Å². The molecular formula is C29H33BrO6. The fourth-order valence-corrected chi connectivity index (χ4v) is 5.12. The topological polar surface area (TPSA) is 89.9 Å². The maximum absolute atomic E-state index is 13.4. The Morgan fingerprint density at radius 2 is 1.94 bits per heavy atom. The zero-order chi connectivity index (χ0) is 26.6. The summed E-state index contributed by atoms with van der Waals surface area (Å²) in [6.45, 7) is 8.95. The van der Waals surface area contributed by atoms with E-state index >= 15 is 0 Å². The number of unbranched alkanes of at least 4 members (excludes halogenated alkanes) is 3. The summed E-state index contributed by atoms with van der Waals surface area (Å²) in [5.41, 5.74) is -0.00928. The van der Waals surface area contributed by atoms with Crippen molar-refractivity contribution in [2.45, 2.75) is 72.3 Å². The van der Waals surface area contributed by atoms with Gasteiger partial charge in [-0.25, -0.2) is 4.79 Å². The van der Waals surface area contributed by atoms with Crippen molar-refractivity contribution in [1.82, 2.24) is 0 Å². The second-order valence-corrected chi connectivity index (χ2v) is 10.4. The van der Waals surface area contributed by atoms with Gasteiger partial charge in [0, 0.05) is 11.1 Å². The number of phenolic OH excluding ortho intramolecular Hbond substituents is 1. The minimum Gasteiger partial charge on any atom is -0.507 e. The first-order valence-electron chi connectivity index (χ1n) is 12.3. The van der Waals surface area contributed by atoms with Gasteiger partial charge >= 0.3 is 5.97 Å². The highest BCUT2D eigenvalue weighted by Gasteiger charge is 2.52. The zero-order valence-electron chi connectivity index (χ0n) is 21.4. The van der Waals surface area contributed by atoms with Gasteiger partial charge in [-0.3, -0.25) is 9.59 Å². The number of hydrogen-bond acceptors (Lipinski definition) is 6. The number of aryl methyl sites for hydroxylation is 1. The van der Waals surface area contributed by atoms with Crippen LogP contribution in [0.1, 0.15) is 70.9 Å². The number of rotatable bonds is 9. The number of allylic oxidation sites excluding steroid dienone is 3. The number of ketones is 2. The van der Waals surface area contributed by atoms with Crippen molar-refractivity contribution in [3.05, 3.63) is 68.9 Å². The van der Waals surface area contributed by atoms with E-state index < -0.39 is 23.1 Å². The molecule has 1 aliphatic heterocycles. The van der Waals surface area contributed by atoms with Gasteiger partial charge in [-0.2, -0.15) is 0 Å². The summed E-state index contributed by atoms with van der Waals surface area (Å²) in [7, 11) is 0. The van der Waals surface area contributed by atoms with E-state index in [1.54, 1.807) is 13.0 Å². The fraction of sp³-hybridized carbons (Fsp3) is 0.414. The molecule has 1 heterocycles. The minimum absolute atomic E-state index is 0.0175. The average molecular weight is 557 g/mol. The molecule has 6 nitrogen and oxygen atoms in total. The summed E-state index contributed by atoms with van der Waals surface area (Å²) in [5.74, 6) is -1.53. The molecule has 0 saturated heterocycles. The maximum Gasteiger partial charge on any atom is 0.334 e. The number of ether oxygens (including phenoxy) is 2. The molecule has 1 N–H and O–H groups in total. The van der Waals surface area contributed by atoms with Crippen LogP contribution < -0.4 is 0 Å². The molecule has 0 amide bonds. The largest absolute Gasteiger partial charge is 0.507 e. The molecule has 0 spiro atoms. The lowest BCUT2D eigenvalue weighted by molar-refractivity contribution is -0.165. The van der Waals surface area contributed by atoms with Crippen molar-refractivity contribution in [1.29, 1.82) is 0 Å². The number of aromatic hydroxyl groups is 1. The van der Waals surface area contributed by atoms with E-state index in [2.05, 4.69) is 22.9 Å². The summed E-state index contributed by atoms with van der Waals surface area (Å²) in [5, 5.41) is 10.3. The van der Waals surface area contributed by atoms with Crippen LogP contribution in [0.25, 0.3) is 5.76 Å². The Morgan fingerprint density at radius 3 is 2.61 bits per heavy atom. The second kappa shape index (κ2) is 11.4. The monoisotopic (exact) mass is 556 g/mol. The van der Waals surface area contributed by atoms with Crippen LogP contribution in [-0.4, -0.2) is 28.2 Å². The van der Waals surface area contributed by atoms with E-state index in [-0.39, 0.29) is 21.7 Å². The van der Waals surface area contributed by atoms with E-state index in [4.69, 9.17) is 9.47 Å². The van der Waals surface area contributed by atoms with Crippen molar-refractivity contribution >= 4 is 39.2 Å². The highest BCUT2D eigenvalue weighted by molar-refractivity contribution is 9.12. The Labute approximate surface area is 220 Å². The van der Waals surface area contributed by atoms with Crippen LogP contribution in [-0.2, 0) is 23.9 Å². The third-order valence-electron chi connectivity index (χ3n) is 6.58. The Kier molecular flexibility index (Phi) is 8.77. The normalized spacial score (nSPS) is 20.9. The Morgan fingerprint density at radius 1 is 1.22 bits per heavy atom. The van der Waals surface area contributed by atoms with Gasteiger partial charge in [-0.05, 0) is 66.7 Å². The summed E-state index contributed by atoms with van der Waals surface area (Å²) < 4.78 is 11.4. The molecule has 0 saturated carbocycles. The van der Waals surface area contributed by atoms with Crippen LogP contribution in [0.15, 0.2) is 57.8 Å². The molecule has 36 heavy (non-hydrogen) atoms. The number of halogens is 1. The average Bonchev–Trinajstić information content (AvgIpc) is 2.84. The molecule has 1 aromatic carbocycles. The van der Waals surface area contributed by atoms with Crippen molar-refractivity contribution in [2.75, 3.05) is 0 Å². The van der Waals surface area contributed by atoms with Gasteiger partial charge in [0.25, 0.3) is 0 Å². The molecule has 2 unspecified atom stereocenters. The summed E-state index contributed by atoms with van der Waals surface area (Å²) >= 11 is 3.31. The molecule has 192 valence electrons. The van der Waals surface area contributed by atoms with Gasteiger partial charge in [0.2, 0.25) is 17.2 Å². The molecular weight excluding hydrogens is 524 g/mol. The predicted molar refractivity (Wildman–Crippen MR) is 142 cm³/mol. The number of carbonyl (C=O) groups is 3. The molecule has 7 heteroatoms. The van der Waals surface area contributed by atoms with Gasteiger partial charge in [0.15, 0.2) is 0 Å². The van der Waals surface area contributed by atoms with Gasteiger partial charge in [-0.15, -0.1) is 0 Å². The number of hydrogen-bond donors (Lipinski definition) is 1. The number of esters is 1. The van der Waals surface area contributed by atoms with E-state index in [0.29, 0.717) is 22.5 Å². The second-order valence-electron chi connectivity index (χ2n) is 9.61. The Hall–Kier alpha value is -2.93. The third-order valence-corrected chi connectivity index (χ3v) is 7.37. The van der Waals surface area contributed by atoms with Crippen molar-refractivity contribution in [2.24, 2.45) is 5.92 Å². The summed E-state index contributed by atoms with van der Waals surface area (Å²) in [6, 6.07) is 5.06. The summed E-state index contributed by atoms with van der Waals surface area (Å²) in [6.07, 6.45) is 10.1. The van der Waals surface area contributed by atoms with E-state index in [1.807, 2.05) is 26.0 Å². The maximum atomic E-state index is 13.4. The van der Waals surface area contributed by atoms with Crippen molar-refractivity contribution in [3.8, 4) is 5.75 Å². The SMILES string of the molecule is CCCCCCC(C)C=C(C)C(=O)OC1(C)C(=O)C2=COC(c3c(C)cccc3O)=CC2=C(Br)C1=O. The van der Waals surface area contributed by atoms with Crippen molar-refractivity contribution in [3.63, 3.8) is 0 Å². The van der Waals surface area contributed by atoms with E-state index in [0.717, 1.165) is 31.2 Å². The molecule has 1 aromatic rings. The van der Waals surface area contributed by atoms with Crippen molar-refractivity contribution < 1.29 is 29.0 Å². The number of Topliss-reactive ketones (excluding diaryl/α,β-unsaturated/α-hetero) is 2. The number of phenols is 1. The fourth-order valence-electron chi connectivity index (χ4n) is 4.41. The third kappa shape index (κ3) is 5.56. The molecule has 0 fully saturated rings. The van der Waals surface area contributed by atoms with Crippen LogP contribution in [0.4, 0.5) is 0 Å². The van der Waals surface area contributed by atoms with Gasteiger partial charge in [0.1, 0.15) is 17.8 Å². The van der Waals surface area contributed by atoms with E-state index in [1.165, 1.54) is 31.7 Å². The quantitative estimate of drug-likeness (QED) is 0.159. The Balaban J connectivity index is 1.84. The Bertz CT molecular complexity index is 1180. The highest BCUT2D eigenvalue weighted by atomic mass is 79.9. The number of benzene rings is 1. The first-order valence-corrected chi connectivity index (χ1v) is 13.1. The van der Waals surface area contributed by atoms with Crippen LogP contribution in [0.2, 0.25) is 0 Å². The summed E-state index contributed by atoms with van der Waals surface area (Å²) in [4.78, 5) is 39.6. The van der Waals surface area contributed by atoms with Crippen LogP contribution in [0.5, 0.6) is 5.75 Å². The molecule has 2 aliphatic rings. The molecule has 3 rings (SSSR count). The molecule has 2 atom stereocenters. The van der Waals surface area contributed by atoms with Crippen LogP contribution >= 0.6 is 15.9 Å².